The number of para-hydroxylation sites is 1. The van der Waals surface area contributed by atoms with Gasteiger partial charge in [-0.1, -0.05) is 18.2 Å². The summed E-state index contributed by atoms with van der Waals surface area (Å²) in [5.41, 5.74) is 0. The number of hydrogen-bond donors (Lipinski definition) is 1. The fourth-order valence-electron chi connectivity index (χ4n) is 1.11. The van der Waals surface area contributed by atoms with Gasteiger partial charge in [0.1, 0.15) is 12.3 Å². The van der Waals surface area contributed by atoms with Gasteiger partial charge < -0.3 is 14.8 Å². The number of rotatable bonds is 6. The van der Waals surface area contributed by atoms with Crippen LogP contribution >= 0.6 is 0 Å². The van der Waals surface area contributed by atoms with E-state index in [2.05, 4.69) is 10.1 Å². The molecule has 92 valence electrons. The number of amides is 1. The van der Waals surface area contributed by atoms with Gasteiger partial charge in [0.05, 0.1) is 20.1 Å². The maximum Gasteiger partial charge on any atom is 0.325 e. The second-order valence-electron chi connectivity index (χ2n) is 3.26. The molecule has 1 rings (SSSR count). The first-order chi connectivity index (χ1) is 8.22. The van der Waals surface area contributed by atoms with Crippen LogP contribution in [0.3, 0.4) is 0 Å². The third kappa shape index (κ3) is 5.55. The lowest BCUT2D eigenvalue weighted by molar-refractivity contribution is -0.141. The smallest absolute Gasteiger partial charge is 0.325 e. The molecule has 0 aromatic heterocycles. The zero-order valence-electron chi connectivity index (χ0n) is 9.64. The van der Waals surface area contributed by atoms with Crippen LogP contribution in [-0.4, -0.2) is 32.1 Å². The molecule has 0 aliphatic heterocycles. The zero-order chi connectivity index (χ0) is 12.5. The number of carbonyl (C=O) groups is 2. The van der Waals surface area contributed by atoms with Crippen LogP contribution in [0.4, 0.5) is 0 Å². The molecule has 1 amide bonds. The van der Waals surface area contributed by atoms with Crippen LogP contribution in [0.2, 0.25) is 0 Å². The van der Waals surface area contributed by atoms with Gasteiger partial charge >= 0.3 is 5.97 Å². The molecular weight excluding hydrogens is 222 g/mol. The summed E-state index contributed by atoms with van der Waals surface area (Å²) in [6.07, 6.45) is 0.200. The fraction of sp³-hybridized carbons (Fsp3) is 0.333. The number of esters is 1. The molecule has 1 aromatic rings. The van der Waals surface area contributed by atoms with Crippen molar-refractivity contribution in [2.45, 2.75) is 6.42 Å². The second-order valence-corrected chi connectivity index (χ2v) is 3.26. The minimum Gasteiger partial charge on any atom is -0.493 e. The highest BCUT2D eigenvalue weighted by molar-refractivity contribution is 5.81. The van der Waals surface area contributed by atoms with E-state index in [-0.39, 0.29) is 25.5 Å². The quantitative estimate of drug-likeness (QED) is 0.741. The Morgan fingerprint density at radius 1 is 1.24 bits per heavy atom. The Kier molecular flexibility index (Phi) is 5.57. The predicted octanol–water partition coefficient (Wildman–Crippen LogP) is 0.745. The molecule has 0 atom stereocenters. The topological polar surface area (TPSA) is 64.6 Å². The average Bonchev–Trinajstić information content (AvgIpc) is 2.37. The molecule has 0 unspecified atom stereocenters. The standard InChI is InChI=1S/C12H15NO4/c1-16-12(15)9-13-11(14)7-8-17-10-5-3-2-4-6-10/h2-6H,7-9H2,1H3,(H,13,14). The first-order valence-electron chi connectivity index (χ1n) is 5.23. The molecule has 0 fully saturated rings. The van der Waals surface area contributed by atoms with Gasteiger partial charge in [-0.25, -0.2) is 0 Å². The Bertz CT molecular complexity index is 364. The Morgan fingerprint density at radius 3 is 2.59 bits per heavy atom. The summed E-state index contributed by atoms with van der Waals surface area (Å²) >= 11 is 0. The monoisotopic (exact) mass is 237 g/mol. The summed E-state index contributed by atoms with van der Waals surface area (Å²) in [7, 11) is 1.27. The van der Waals surface area contributed by atoms with Crippen LogP contribution in [0.5, 0.6) is 5.75 Å². The highest BCUT2D eigenvalue weighted by atomic mass is 16.5. The van der Waals surface area contributed by atoms with E-state index in [9.17, 15) is 9.59 Å². The van der Waals surface area contributed by atoms with E-state index >= 15 is 0 Å². The van der Waals surface area contributed by atoms with Gasteiger partial charge in [-0.15, -0.1) is 0 Å². The van der Waals surface area contributed by atoms with Crippen LogP contribution in [-0.2, 0) is 14.3 Å². The molecule has 5 heteroatoms. The van der Waals surface area contributed by atoms with Gasteiger partial charge in [0.2, 0.25) is 5.91 Å². The Labute approximate surface area is 99.7 Å². The highest BCUT2D eigenvalue weighted by Gasteiger charge is 2.05. The third-order valence-corrected chi connectivity index (χ3v) is 2.00. The van der Waals surface area contributed by atoms with Gasteiger partial charge in [-0.05, 0) is 12.1 Å². The van der Waals surface area contributed by atoms with E-state index in [1.165, 1.54) is 7.11 Å². The molecule has 0 saturated heterocycles. The Hall–Kier alpha value is -2.04. The van der Waals surface area contributed by atoms with Crippen molar-refractivity contribution in [2.24, 2.45) is 0 Å². The summed E-state index contributed by atoms with van der Waals surface area (Å²) in [6.45, 7) is 0.164. The number of benzene rings is 1. The van der Waals surface area contributed by atoms with E-state index in [0.717, 1.165) is 0 Å². The summed E-state index contributed by atoms with van der Waals surface area (Å²) in [4.78, 5) is 22.0. The van der Waals surface area contributed by atoms with Gasteiger partial charge in [0, 0.05) is 0 Å². The van der Waals surface area contributed by atoms with Crippen molar-refractivity contribution in [2.75, 3.05) is 20.3 Å². The van der Waals surface area contributed by atoms with Crippen LogP contribution in [0, 0.1) is 0 Å². The van der Waals surface area contributed by atoms with Crippen LogP contribution < -0.4 is 10.1 Å². The van der Waals surface area contributed by atoms with E-state index in [1.807, 2.05) is 30.3 Å². The van der Waals surface area contributed by atoms with E-state index in [0.29, 0.717) is 5.75 Å². The first kappa shape index (κ1) is 13.0. The van der Waals surface area contributed by atoms with Crippen molar-refractivity contribution in [1.82, 2.24) is 5.32 Å². The van der Waals surface area contributed by atoms with E-state index in [4.69, 9.17) is 4.74 Å². The summed E-state index contributed by atoms with van der Waals surface area (Å²) < 4.78 is 9.72. The van der Waals surface area contributed by atoms with Gasteiger partial charge in [-0.2, -0.15) is 0 Å². The molecule has 0 bridgehead atoms. The third-order valence-electron chi connectivity index (χ3n) is 2.00. The molecule has 1 N–H and O–H groups in total. The second kappa shape index (κ2) is 7.27. The molecule has 17 heavy (non-hydrogen) atoms. The average molecular weight is 237 g/mol. The molecule has 0 radical (unpaired) electrons. The summed E-state index contributed by atoms with van der Waals surface area (Å²) in [6, 6.07) is 9.22. The lowest BCUT2D eigenvalue weighted by Gasteiger charge is -2.06. The Balaban J connectivity index is 2.14. The van der Waals surface area contributed by atoms with Crippen molar-refractivity contribution >= 4 is 11.9 Å². The highest BCUT2D eigenvalue weighted by Crippen LogP contribution is 2.08. The van der Waals surface area contributed by atoms with Crippen LogP contribution in [0.15, 0.2) is 30.3 Å². The van der Waals surface area contributed by atoms with Crippen molar-refractivity contribution in [3.05, 3.63) is 30.3 Å². The number of carbonyl (C=O) groups excluding carboxylic acids is 2. The molecule has 0 aliphatic rings. The first-order valence-corrected chi connectivity index (χ1v) is 5.23. The fourth-order valence-corrected chi connectivity index (χ4v) is 1.11. The number of methoxy groups -OCH3 is 1. The molecule has 1 aromatic carbocycles. The number of nitrogens with one attached hydrogen (secondary N) is 1. The zero-order valence-corrected chi connectivity index (χ0v) is 9.64. The van der Waals surface area contributed by atoms with Gasteiger partial charge in [0.15, 0.2) is 0 Å². The van der Waals surface area contributed by atoms with Gasteiger partial charge in [-0.3, -0.25) is 9.59 Å². The maximum atomic E-state index is 11.3. The normalized spacial score (nSPS) is 9.47. The molecule has 0 saturated carbocycles. The number of ether oxygens (including phenoxy) is 2. The van der Waals surface area contributed by atoms with Crippen LogP contribution in [0.1, 0.15) is 6.42 Å². The van der Waals surface area contributed by atoms with Gasteiger partial charge in [0.25, 0.3) is 0 Å². The lowest BCUT2D eigenvalue weighted by atomic mass is 10.3. The lowest BCUT2D eigenvalue weighted by Crippen LogP contribution is -2.30. The molecule has 0 aliphatic carbocycles. The van der Waals surface area contributed by atoms with Crippen molar-refractivity contribution in [1.29, 1.82) is 0 Å². The number of hydrogen-bond acceptors (Lipinski definition) is 4. The molecule has 0 heterocycles. The Morgan fingerprint density at radius 2 is 1.94 bits per heavy atom. The van der Waals surface area contributed by atoms with E-state index in [1.54, 1.807) is 0 Å². The summed E-state index contributed by atoms with van der Waals surface area (Å²) in [5.74, 6) is 0.00178. The predicted molar refractivity (Wildman–Crippen MR) is 61.6 cm³/mol. The maximum absolute atomic E-state index is 11.3. The molecular formula is C12H15NO4. The molecule has 5 nitrogen and oxygen atoms in total. The minimum absolute atomic E-state index is 0.110. The minimum atomic E-state index is -0.470. The largest absolute Gasteiger partial charge is 0.493 e. The van der Waals surface area contributed by atoms with Crippen molar-refractivity contribution in [3.8, 4) is 5.75 Å². The SMILES string of the molecule is COC(=O)CNC(=O)CCOc1ccccc1. The van der Waals surface area contributed by atoms with Crippen LogP contribution in [0.25, 0.3) is 0 Å². The molecule has 0 spiro atoms. The van der Waals surface area contributed by atoms with Crippen molar-refractivity contribution in [3.63, 3.8) is 0 Å². The summed E-state index contributed by atoms with van der Waals surface area (Å²) in [5, 5.41) is 2.43. The van der Waals surface area contributed by atoms with Crippen molar-refractivity contribution < 1.29 is 19.1 Å². The van der Waals surface area contributed by atoms with E-state index < -0.39 is 5.97 Å².